The lowest BCUT2D eigenvalue weighted by Crippen LogP contribution is -2.50. The molecule has 23 heavy (non-hydrogen) atoms. The van der Waals surface area contributed by atoms with Crippen LogP contribution in [0.5, 0.6) is 0 Å². The standard InChI is InChI=1S/C19H25N3O/c1-3-16-13-22(14(2)23)10-8-19(16)21-12-15-6-7-18-17(11-15)5-4-9-20-18/h4-7,9,11,16,19,21H,3,8,10,12-13H2,1-2H3/t16-,19+/m1/s1. The summed E-state index contributed by atoms with van der Waals surface area (Å²) in [5.41, 5.74) is 2.33. The molecule has 0 bridgehead atoms. The van der Waals surface area contributed by atoms with Crippen molar-refractivity contribution < 1.29 is 4.79 Å². The Balaban J connectivity index is 1.63. The van der Waals surface area contributed by atoms with Gasteiger partial charge in [-0.1, -0.05) is 25.5 Å². The maximum absolute atomic E-state index is 11.6. The molecule has 1 aromatic heterocycles. The van der Waals surface area contributed by atoms with Crippen molar-refractivity contribution >= 4 is 16.8 Å². The first-order valence-corrected chi connectivity index (χ1v) is 8.50. The molecule has 1 aromatic carbocycles. The molecule has 4 nitrogen and oxygen atoms in total. The van der Waals surface area contributed by atoms with Gasteiger partial charge in [-0.25, -0.2) is 0 Å². The van der Waals surface area contributed by atoms with Crippen molar-refractivity contribution in [2.24, 2.45) is 5.92 Å². The van der Waals surface area contributed by atoms with Crippen LogP contribution in [-0.2, 0) is 11.3 Å². The summed E-state index contributed by atoms with van der Waals surface area (Å²) in [6.45, 7) is 6.50. The number of likely N-dealkylation sites (tertiary alicyclic amines) is 1. The molecule has 122 valence electrons. The number of aromatic nitrogens is 1. The molecule has 1 aliphatic heterocycles. The van der Waals surface area contributed by atoms with E-state index in [0.29, 0.717) is 12.0 Å². The summed E-state index contributed by atoms with van der Waals surface area (Å²) in [6, 6.07) is 11.0. The number of carbonyl (C=O) groups excluding carboxylic acids is 1. The first kappa shape index (κ1) is 15.9. The van der Waals surface area contributed by atoms with Crippen molar-refractivity contribution in [2.75, 3.05) is 13.1 Å². The van der Waals surface area contributed by atoms with Crippen molar-refractivity contribution in [1.29, 1.82) is 0 Å². The van der Waals surface area contributed by atoms with E-state index >= 15 is 0 Å². The van der Waals surface area contributed by atoms with Crippen molar-refractivity contribution in [3.8, 4) is 0 Å². The van der Waals surface area contributed by atoms with Crippen LogP contribution in [0.4, 0.5) is 0 Å². The van der Waals surface area contributed by atoms with E-state index < -0.39 is 0 Å². The molecule has 0 unspecified atom stereocenters. The Hall–Kier alpha value is -1.94. The Labute approximate surface area is 137 Å². The fourth-order valence-electron chi connectivity index (χ4n) is 3.48. The maximum Gasteiger partial charge on any atom is 0.219 e. The highest BCUT2D eigenvalue weighted by atomic mass is 16.2. The highest BCUT2D eigenvalue weighted by Gasteiger charge is 2.28. The molecule has 1 fully saturated rings. The van der Waals surface area contributed by atoms with Crippen LogP contribution in [0.25, 0.3) is 10.9 Å². The second-order valence-electron chi connectivity index (χ2n) is 6.44. The van der Waals surface area contributed by atoms with Gasteiger partial charge in [-0.3, -0.25) is 9.78 Å². The number of piperidine rings is 1. The lowest BCUT2D eigenvalue weighted by Gasteiger charge is -2.38. The molecular formula is C19H25N3O. The molecule has 2 atom stereocenters. The van der Waals surface area contributed by atoms with Crippen molar-refractivity contribution in [3.05, 3.63) is 42.1 Å². The van der Waals surface area contributed by atoms with Crippen molar-refractivity contribution in [2.45, 2.75) is 39.3 Å². The number of benzene rings is 1. The van der Waals surface area contributed by atoms with Gasteiger partial charge in [0.25, 0.3) is 0 Å². The van der Waals surface area contributed by atoms with Gasteiger partial charge >= 0.3 is 0 Å². The van der Waals surface area contributed by atoms with Gasteiger partial charge in [0.1, 0.15) is 0 Å². The van der Waals surface area contributed by atoms with E-state index in [2.05, 4.69) is 41.5 Å². The topological polar surface area (TPSA) is 45.2 Å². The molecule has 0 aliphatic carbocycles. The highest BCUT2D eigenvalue weighted by Crippen LogP contribution is 2.21. The third-order valence-electron chi connectivity index (χ3n) is 4.94. The summed E-state index contributed by atoms with van der Waals surface area (Å²) in [5.74, 6) is 0.735. The Morgan fingerprint density at radius 3 is 3.04 bits per heavy atom. The van der Waals surface area contributed by atoms with Gasteiger partial charge in [0.15, 0.2) is 0 Å². The van der Waals surface area contributed by atoms with E-state index in [9.17, 15) is 4.79 Å². The van der Waals surface area contributed by atoms with Crippen molar-refractivity contribution in [3.63, 3.8) is 0 Å². The van der Waals surface area contributed by atoms with Crippen LogP contribution in [0.2, 0.25) is 0 Å². The molecule has 2 aromatic rings. The Morgan fingerprint density at radius 2 is 2.26 bits per heavy atom. The minimum Gasteiger partial charge on any atom is -0.343 e. The quantitative estimate of drug-likeness (QED) is 0.944. The van der Waals surface area contributed by atoms with Gasteiger partial charge in [0, 0.05) is 44.2 Å². The molecule has 4 heteroatoms. The normalized spacial score (nSPS) is 21.6. The van der Waals surface area contributed by atoms with E-state index in [1.807, 2.05) is 17.2 Å². The predicted molar refractivity (Wildman–Crippen MR) is 93.0 cm³/mol. The molecule has 0 spiro atoms. The Morgan fingerprint density at radius 1 is 1.39 bits per heavy atom. The van der Waals surface area contributed by atoms with E-state index in [1.165, 1.54) is 10.9 Å². The molecule has 1 aliphatic rings. The van der Waals surface area contributed by atoms with E-state index in [4.69, 9.17) is 0 Å². The number of fused-ring (bicyclic) bond motifs is 1. The first-order valence-electron chi connectivity index (χ1n) is 8.50. The third-order valence-corrected chi connectivity index (χ3v) is 4.94. The highest BCUT2D eigenvalue weighted by molar-refractivity contribution is 5.78. The molecule has 3 rings (SSSR count). The third kappa shape index (κ3) is 3.70. The summed E-state index contributed by atoms with van der Waals surface area (Å²) in [5, 5.41) is 4.89. The number of nitrogens with one attached hydrogen (secondary N) is 1. The number of rotatable bonds is 4. The van der Waals surface area contributed by atoms with Crippen LogP contribution in [0.1, 0.15) is 32.3 Å². The van der Waals surface area contributed by atoms with Crippen molar-refractivity contribution in [1.82, 2.24) is 15.2 Å². The summed E-state index contributed by atoms with van der Waals surface area (Å²) >= 11 is 0. The molecule has 1 N–H and O–H groups in total. The molecule has 0 radical (unpaired) electrons. The van der Waals surface area contributed by atoms with Gasteiger partial charge in [0.05, 0.1) is 5.52 Å². The first-order chi connectivity index (χ1) is 11.2. The zero-order valence-electron chi connectivity index (χ0n) is 14.0. The van der Waals surface area contributed by atoms with Crippen LogP contribution >= 0.6 is 0 Å². The monoisotopic (exact) mass is 311 g/mol. The second-order valence-corrected chi connectivity index (χ2v) is 6.44. The van der Waals surface area contributed by atoms with Crippen LogP contribution in [0.3, 0.4) is 0 Å². The number of pyridine rings is 1. The largest absolute Gasteiger partial charge is 0.343 e. The van der Waals surface area contributed by atoms with Crippen LogP contribution in [-0.4, -0.2) is 34.9 Å². The van der Waals surface area contributed by atoms with Crippen LogP contribution < -0.4 is 5.32 Å². The predicted octanol–water partition coefficient (Wildman–Crippen LogP) is 2.97. The zero-order chi connectivity index (χ0) is 16.2. The van der Waals surface area contributed by atoms with E-state index in [-0.39, 0.29) is 5.91 Å². The minimum absolute atomic E-state index is 0.198. The summed E-state index contributed by atoms with van der Waals surface area (Å²) in [7, 11) is 0. The number of hydrogen-bond donors (Lipinski definition) is 1. The number of nitrogens with zero attached hydrogens (tertiary/aromatic N) is 2. The average molecular weight is 311 g/mol. The maximum atomic E-state index is 11.6. The summed E-state index contributed by atoms with van der Waals surface area (Å²) in [4.78, 5) is 17.9. The molecule has 0 saturated carbocycles. The molecular weight excluding hydrogens is 286 g/mol. The summed E-state index contributed by atoms with van der Waals surface area (Å²) in [6.07, 6.45) is 3.96. The number of hydrogen-bond acceptors (Lipinski definition) is 3. The fourth-order valence-corrected chi connectivity index (χ4v) is 3.48. The number of carbonyl (C=O) groups is 1. The zero-order valence-corrected chi connectivity index (χ0v) is 14.0. The van der Waals surface area contributed by atoms with Gasteiger partial charge in [-0.15, -0.1) is 0 Å². The average Bonchev–Trinajstić information content (AvgIpc) is 2.59. The van der Waals surface area contributed by atoms with E-state index in [0.717, 1.165) is 38.0 Å². The second kappa shape index (κ2) is 7.09. The molecule has 1 amide bonds. The minimum atomic E-state index is 0.198. The molecule has 1 saturated heterocycles. The lowest BCUT2D eigenvalue weighted by molar-refractivity contribution is -0.131. The Bertz CT molecular complexity index is 685. The summed E-state index contributed by atoms with van der Waals surface area (Å²) < 4.78 is 0. The van der Waals surface area contributed by atoms with Crippen LogP contribution in [0, 0.1) is 5.92 Å². The van der Waals surface area contributed by atoms with Crippen LogP contribution in [0.15, 0.2) is 36.5 Å². The Kier molecular flexibility index (Phi) is 4.91. The van der Waals surface area contributed by atoms with Gasteiger partial charge in [-0.2, -0.15) is 0 Å². The molecule has 2 heterocycles. The smallest absolute Gasteiger partial charge is 0.219 e. The van der Waals surface area contributed by atoms with Gasteiger partial charge < -0.3 is 10.2 Å². The fraction of sp³-hybridized carbons (Fsp3) is 0.474. The van der Waals surface area contributed by atoms with Gasteiger partial charge in [-0.05, 0) is 36.1 Å². The lowest BCUT2D eigenvalue weighted by atomic mass is 9.89. The SMILES string of the molecule is CC[C@@H]1CN(C(C)=O)CC[C@@H]1NCc1ccc2ncccc2c1. The number of amides is 1. The van der Waals surface area contributed by atoms with Gasteiger partial charge in [0.2, 0.25) is 5.91 Å². The van der Waals surface area contributed by atoms with E-state index in [1.54, 1.807) is 6.92 Å².